The molecule has 0 unspecified atom stereocenters. The van der Waals surface area contributed by atoms with Crippen molar-refractivity contribution in [3.05, 3.63) is 41.9 Å². The molecular formula is C18H25N5O. The summed E-state index contributed by atoms with van der Waals surface area (Å²) in [4.78, 5) is 9.59. The maximum atomic E-state index is 5.72. The number of fused-ring (bicyclic) bond motifs is 4. The van der Waals surface area contributed by atoms with Crippen molar-refractivity contribution in [2.24, 2.45) is 5.92 Å². The molecule has 0 aliphatic carbocycles. The molecule has 6 heteroatoms. The van der Waals surface area contributed by atoms with Crippen LogP contribution in [0.5, 0.6) is 0 Å². The maximum Gasteiger partial charge on any atom is 0.230 e. The predicted molar refractivity (Wildman–Crippen MR) is 90.1 cm³/mol. The normalized spacial score (nSPS) is 25.0. The summed E-state index contributed by atoms with van der Waals surface area (Å²) in [6.07, 6.45) is 5.27. The van der Waals surface area contributed by atoms with Crippen molar-refractivity contribution in [2.45, 2.75) is 45.3 Å². The van der Waals surface area contributed by atoms with Gasteiger partial charge in [-0.1, -0.05) is 13.0 Å². The molecule has 0 aromatic carbocycles. The molecule has 24 heavy (non-hydrogen) atoms. The van der Waals surface area contributed by atoms with Gasteiger partial charge in [-0.2, -0.15) is 0 Å². The van der Waals surface area contributed by atoms with Crippen molar-refractivity contribution in [3.8, 4) is 0 Å². The second kappa shape index (κ2) is 6.99. The molecule has 0 N–H and O–H groups in total. The molecule has 5 rings (SSSR count). The topological polar surface area (TPSA) is 58.3 Å². The van der Waals surface area contributed by atoms with Crippen LogP contribution >= 0.6 is 0 Å². The molecule has 3 aliphatic heterocycles. The summed E-state index contributed by atoms with van der Waals surface area (Å²) in [5.41, 5.74) is 1.16. The van der Waals surface area contributed by atoms with Gasteiger partial charge in [0.25, 0.3) is 0 Å². The van der Waals surface area contributed by atoms with Gasteiger partial charge in [-0.25, -0.2) is 0 Å². The predicted octanol–water partition coefficient (Wildman–Crippen LogP) is 2.12. The summed E-state index contributed by atoms with van der Waals surface area (Å²) in [5, 5.41) is 8.29. The Morgan fingerprint density at radius 3 is 2.79 bits per heavy atom. The lowest BCUT2D eigenvalue weighted by molar-refractivity contribution is 0.111. The number of nitrogens with zero attached hydrogens (tertiary/aromatic N) is 5. The lowest BCUT2D eigenvalue weighted by Crippen LogP contribution is -2.43. The Labute approximate surface area is 142 Å². The Morgan fingerprint density at radius 1 is 1.08 bits per heavy atom. The minimum absolute atomic E-state index is 0.574. The monoisotopic (exact) mass is 327 g/mol. The molecule has 2 atom stereocenters. The van der Waals surface area contributed by atoms with E-state index in [1.807, 2.05) is 19.2 Å². The Kier molecular flexibility index (Phi) is 4.58. The molecule has 3 saturated heterocycles. The number of piperidine rings is 1. The highest BCUT2D eigenvalue weighted by atomic mass is 16.4. The first-order chi connectivity index (χ1) is 11.8. The first kappa shape index (κ1) is 15.7. The Balaban J connectivity index is 1.42. The third-order valence-corrected chi connectivity index (χ3v) is 5.16. The van der Waals surface area contributed by atoms with Gasteiger partial charge >= 0.3 is 0 Å². The number of pyridine rings is 1. The minimum Gasteiger partial charge on any atom is -0.424 e. The van der Waals surface area contributed by atoms with Gasteiger partial charge in [0.1, 0.15) is 0 Å². The molecule has 0 radical (unpaired) electrons. The zero-order valence-electron chi connectivity index (χ0n) is 14.3. The second-order valence-electron chi connectivity index (χ2n) is 6.98. The van der Waals surface area contributed by atoms with Crippen molar-refractivity contribution in [3.63, 3.8) is 0 Å². The van der Waals surface area contributed by atoms with Crippen LogP contribution in [0.15, 0.2) is 28.8 Å². The zero-order valence-corrected chi connectivity index (χ0v) is 14.3. The van der Waals surface area contributed by atoms with Gasteiger partial charge in [-0.3, -0.25) is 14.8 Å². The van der Waals surface area contributed by atoms with E-state index in [4.69, 9.17) is 4.42 Å². The largest absolute Gasteiger partial charge is 0.424 e. The van der Waals surface area contributed by atoms with E-state index in [2.05, 4.69) is 37.1 Å². The van der Waals surface area contributed by atoms with E-state index in [1.54, 1.807) is 0 Å². The Bertz CT molecular complexity index is 658. The molecule has 2 aromatic rings. The fourth-order valence-corrected chi connectivity index (χ4v) is 3.99. The van der Waals surface area contributed by atoms with E-state index in [-0.39, 0.29) is 0 Å². The molecule has 3 fully saturated rings. The van der Waals surface area contributed by atoms with Crippen molar-refractivity contribution >= 4 is 0 Å². The molecule has 5 heterocycles. The van der Waals surface area contributed by atoms with Crippen molar-refractivity contribution in [1.29, 1.82) is 0 Å². The minimum atomic E-state index is 0.574. The standard InChI is InChI=1S/C18H25N5O/c1-2-17-20-21-18(24-17)13-23-10-14-6-7-16(23)12-22(9-14)11-15-5-3-4-8-19-15/h3-5,8,14,16H,2,6-7,9-13H2,1H3/t14-,16+/m0/s1. The summed E-state index contributed by atoms with van der Waals surface area (Å²) >= 11 is 0. The SMILES string of the molecule is CCc1nnc(CN2C[C@H]3CC[C@@H]2CN(Cc2ccccn2)C3)o1. The van der Waals surface area contributed by atoms with Crippen LogP contribution < -0.4 is 0 Å². The molecule has 3 aliphatic rings. The first-order valence-corrected chi connectivity index (χ1v) is 8.97. The van der Waals surface area contributed by atoms with E-state index in [1.165, 1.54) is 12.8 Å². The first-order valence-electron chi connectivity index (χ1n) is 8.97. The molecule has 0 amide bonds. The third kappa shape index (κ3) is 3.49. The van der Waals surface area contributed by atoms with Gasteiger partial charge in [-0.05, 0) is 30.9 Å². The van der Waals surface area contributed by atoms with Gasteiger partial charge in [0, 0.05) is 44.8 Å². The molecule has 0 spiro atoms. The fourth-order valence-electron chi connectivity index (χ4n) is 3.99. The van der Waals surface area contributed by atoms with Gasteiger partial charge in [-0.15, -0.1) is 10.2 Å². The number of hydrogen-bond donors (Lipinski definition) is 0. The third-order valence-electron chi connectivity index (χ3n) is 5.16. The highest BCUT2D eigenvalue weighted by Crippen LogP contribution is 2.29. The van der Waals surface area contributed by atoms with E-state index in [0.717, 1.165) is 62.5 Å². The van der Waals surface area contributed by atoms with E-state index < -0.39 is 0 Å². The molecule has 2 bridgehead atoms. The average molecular weight is 327 g/mol. The molecule has 2 aromatic heterocycles. The van der Waals surface area contributed by atoms with Crippen LogP contribution in [0.4, 0.5) is 0 Å². The van der Waals surface area contributed by atoms with Crippen LogP contribution in [0.25, 0.3) is 0 Å². The van der Waals surface area contributed by atoms with Crippen LogP contribution in [0, 0.1) is 5.92 Å². The quantitative estimate of drug-likeness (QED) is 0.838. The lowest BCUT2D eigenvalue weighted by atomic mass is 9.95. The molecular weight excluding hydrogens is 302 g/mol. The Hall–Kier alpha value is -1.79. The van der Waals surface area contributed by atoms with Gasteiger partial charge in [0.05, 0.1) is 12.2 Å². The number of rotatable bonds is 5. The van der Waals surface area contributed by atoms with Crippen LogP contribution in [0.1, 0.15) is 37.2 Å². The van der Waals surface area contributed by atoms with E-state index in [9.17, 15) is 0 Å². The maximum absolute atomic E-state index is 5.72. The van der Waals surface area contributed by atoms with Gasteiger partial charge in [0.15, 0.2) is 0 Å². The summed E-state index contributed by atoms with van der Waals surface area (Å²) in [7, 11) is 0. The van der Waals surface area contributed by atoms with Crippen molar-refractivity contribution in [2.75, 3.05) is 19.6 Å². The smallest absolute Gasteiger partial charge is 0.230 e. The second-order valence-corrected chi connectivity index (χ2v) is 6.98. The lowest BCUT2D eigenvalue weighted by Gasteiger charge is -2.35. The van der Waals surface area contributed by atoms with Crippen LogP contribution in [-0.4, -0.2) is 50.7 Å². The summed E-state index contributed by atoms with van der Waals surface area (Å²) < 4.78 is 5.72. The zero-order chi connectivity index (χ0) is 16.4. The number of aromatic nitrogens is 3. The van der Waals surface area contributed by atoms with Crippen molar-refractivity contribution < 1.29 is 4.42 Å². The molecule has 6 nitrogen and oxygen atoms in total. The van der Waals surface area contributed by atoms with Crippen molar-refractivity contribution in [1.82, 2.24) is 25.0 Å². The van der Waals surface area contributed by atoms with Crippen LogP contribution in [-0.2, 0) is 19.5 Å². The average Bonchev–Trinajstić information content (AvgIpc) is 2.88. The highest BCUT2D eigenvalue weighted by molar-refractivity contribution is 5.04. The summed E-state index contributed by atoms with van der Waals surface area (Å²) in [5.74, 6) is 2.22. The van der Waals surface area contributed by atoms with Gasteiger partial charge < -0.3 is 4.42 Å². The molecule has 128 valence electrons. The van der Waals surface area contributed by atoms with E-state index in [0.29, 0.717) is 6.04 Å². The highest BCUT2D eigenvalue weighted by Gasteiger charge is 2.35. The van der Waals surface area contributed by atoms with E-state index >= 15 is 0 Å². The Morgan fingerprint density at radius 2 is 2.00 bits per heavy atom. The summed E-state index contributed by atoms with van der Waals surface area (Å²) in [6.45, 7) is 7.16. The number of hydrogen-bond acceptors (Lipinski definition) is 6. The number of aryl methyl sites for hydroxylation is 1. The van der Waals surface area contributed by atoms with Gasteiger partial charge in [0.2, 0.25) is 11.8 Å². The summed E-state index contributed by atoms with van der Waals surface area (Å²) in [6, 6.07) is 6.74. The van der Waals surface area contributed by atoms with Crippen LogP contribution in [0.2, 0.25) is 0 Å². The fraction of sp³-hybridized carbons (Fsp3) is 0.611. The van der Waals surface area contributed by atoms with Crippen LogP contribution in [0.3, 0.4) is 0 Å². The molecule has 0 saturated carbocycles.